The van der Waals surface area contributed by atoms with Gasteiger partial charge in [0, 0.05) is 13.3 Å². The molecule has 0 aromatic heterocycles. The van der Waals surface area contributed by atoms with E-state index < -0.39 is 29.0 Å². The first-order valence-electron chi connectivity index (χ1n) is 7.66. The normalized spacial score (nSPS) is 11.4. The first-order valence-corrected chi connectivity index (χ1v) is 7.66. The van der Waals surface area contributed by atoms with E-state index in [9.17, 15) is 18.4 Å². The highest BCUT2D eigenvalue weighted by Gasteiger charge is 2.20. The second kappa shape index (κ2) is 8.15. The number of ketones is 1. The lowest BCUT2D eigenvalue weighted by Crippen LogP contribution is -2.26. The molecule has 4 nitrogen and oxygen atoms in total. The third-order valence-electron chi connectivity index (χ3n) is 3.72. The summed E-state index contributed by atoms with van der Waals surface area (Å²) in [5.74, 6) is -2.77. The van der Waals surface area contributed by atoms with Gasteiger partial charge in [-0.25, -0.2) is 8.78 Å². The zero-order valence-corrected chi connectivity index (χ0v) is 13.6. The summed E-state index contributed by atoms with van der Waals surface area (Å²) in [6.07, 6.45) is 0.0425. The van der Waals surface area contributed by atoms with E-state index in [2.05, 4.69) is 5.32 Å². The summed E-state index contributed by atoms with van der Waals surface area (Å²) >= 11 is 0. The van der Waals surface area contributed by atoms with Crippen LogP contribution in [0.15, 0.2) is 42.5 Å². The fourth-order valence-electron chi connectivity index (χ4n) is 2.52. The standard InChI is InChI=1S/C19H16F2N2O2/c1-12(24)23-17(14-7-5-13(11-22)6-8-14)9-10-18(25)19-15(20)3-2-4-16(19)21/h2-8,17H,9-10H2,1H3,(H,23,24). The maximum absolute atomic E-state index is 13.7. The molecule has 0 aliphatic rings. The molecule has 25 heavy (non-hydrogen) atoms. The van der Waals surface area contributed by atoms with E-state index in [1.165, 1.54) is 13.0 Å². The molecule has 1 N–H and O–H groups in total. The number of nitriles is 1. The Balaban J connectivity index is 2.16. The Morgan fingerprint density at radius 2 is 1.72 bits per heavy atom. The molecular weight excluding hydrogens is 326 g/mol. The third-order valence-corrected chi connectivity index (χ3v) is 3.72. The molecule has 1 amide bonds. The molecule has 0 bridgehead atoms. The lowest BCUT2D eigenvalue weighted by atomic mass is 9.97. The Hall–Kier alpha value is -3.07. The van der Waals surface area contributed by atoms with Gasteiger partial charge in [-0.05, 0) is 36.2 Å². The largest absolute Gasteiger partial charge is 0.350 e. The Kier molecular flexibility index (Phi) is 5.96. The van der Waals surface area contributed by atoms with Crippen LogP contribution in [0.1, 0.15) is 47.3 Å². The number of benzene rings is 2. The lowest BCUT2D eigenvalue weighted by Gasteiger charge is -2.18. The maximum atomic E-state index is 13.7. The molecule has 0 spiro atoms. The minimum atomic E-state index is -0.903. The summed E-state index contributed by atoms with van der Waals surface area (Å²) < 4.78 is 27.4. The number of carbonyl (C=O) groups is 2. The molecule has 0 saturated heterocycles. The van der Waals surface area contributed by atoms with E-state index in [0.717, 1.165) is 12.1 Å². The van der Waals surface area contributed by atoms with Gasteiger partial charge in [-0.2, -0.15) is 5.26 Å². The smallest absolute Gasteiger partial charge is 0.217 e. The second-order valence-electron chi connectivity index (χ2n) is 5.55. The zero-order valence-electron chi connectivity index (χ0n) is 13.6. The van der Waals surface area contributed by atoms with Gasteiger partial charge in [0.15, 0.2) is 5.78 Å². The highest BCUT2D eigenvalue weighted by atomic mass is 19.1. The molecule has 0 aliphatic carbocycles. The van der Waals surface area contributed by atoms with Gasteiger partial charge >= 0.3 is 0 Å². The van der Waals surface area contributed by atoms with Crippen LogP contribution in [-0.2, 0) is 4.79 Å². The molecule has 0 radical (unpaired) electrons. The number of carbonyl (C=O) groups excluding carboxylic acids is 2. The van der Waals surface area contributed by atoms with Gasteiger partial charge < -0.3 is 5.32 Å². The maximum Gasteiger partial charge on any atom is 0.217 e. The summed E-state index contributed by atoms with van der Waals surface area (Å²) in [6.45, 7) is 1.34. The van der Waals surface area contributed by atoms with Crippen molar-refractivity contribution in [1.82, 2.24) is 5.32 Å². The average molecular weight is 342 g/mol. The molecule has 1 unspecified atom stereocenters. The summed E-state index contributed by atoms with van der Waals surface area (Å²) in [5, 5.41) is 11.5. The number of nitrogens with one attached hydrogen (secondary N) is 1. The molecule has 6 heteroatoms. The minimum absolute atomic E-state index is 0.136. The van der Waals surface area contributed by atoms with Gasteiger partial charge in [-0.15, -0.1) is 0 Å². The monoisotopic (exact) mass is 342 g/mol. The van der Waals surface area contributed by atoms with Crippen LogP contribution in [0.4, 0.5) is 8.78 Å². The Morgan fingerprint density at radius 1 is 1.12 bits per heavy atom. The van der Waals surface area contributed by atoms with E-state index in [1.54, 1.807) is 24.3 Å². The summed E-state index contributed by atoms with van der Waals surface area (Å²) in [6, 6.07) is 11.3. The molecule has 1 atom stereocenters. The Morgan fingerprint density at radius 3 is 2.24 bits per heavy atom. The highest BCUT2D eigenvalue weighted by Crippen LogP contribution is 2.22. The van der Waals surface area contributed by atoms with E-state index in [1.807, 2.05) is 6.07 Å². The van der Waals surface area contributed by atoms with Gasteiger partial charge in [0.1, 0.15) is 11.6 Å². The Bertz CT molecular complexity index is 806. The third kappa shape index (κ3) is 4.70. The minimum Gasteiger partial charge on any atom is -0.350 e. The second-order valence-corrected chi connectivity index (χ2v) is 5.55. The van der Waals surface area contributed by atoms with Gasteiger partial charge in [0.2, 0.25) is 5.91 Å². The van der Waals surface area contributed by atoms with E-state index in [0.29, 0.717) is 11.1 Å². The summed E-state index contributed by atoms with van der Waals surface area (Å²) in [7, 11) is 0. The van der Waals surface area contributed by atoms with Crippen molar-refractivity contribution >= 4 is 11.7 Å². The summed E-state index contributed by atoms with van der Waals surface area (Å²) in [5.41, 5.74) is 0.606. The number of Topliss-reactive ketones (excluding diaryl/α,β-unsaturated/α-hetero) is 1. The van der Waals surface area contributed by atoms with Crippen LogP contribution in [0.2, 0.25) is 0 Å². The van der Waals surface area contributed by atoms with Crippen LogP contribution >= 0.6 is 0 Å². The van der Waals surface area contributed by atoms with Crippen LogP contribution in [0.5, 0.6) is 0 Å². The van der Waals surface area contributed by atoms with Crippen molar-refractivity contribution in [1.29, 1.82) is 5.26 Å². The topological polar surface area (TPSA) is 70.0 Å². The Labute approximate surface area is 144 Å². The van der Waals surface area contributed by atoms with Crippen LogP contribution < -0.4 is 5.32 Å². The number of nitrogens with zero attached hydrogens (tertiary/aromatic N) is 1. The fourth-order valence-corrected chi connectivity index (χ4v) is 2.52. The predicted molar refractivity (Wildman–Crippen MR) is 87.6 cm³/mol. The predicted octanol–water partition coefficient (Wildman–Crippen LogP) is 3.68. The van der Waals surface area contributed by atoms with Crippen molar-refractivity contribution in [2.75, 3.05) is 0 Å². The number of hydrogen-bond acceptors (Lipinski definition) is 3. The van der Waals surface area contributed by atoms with Gasteiger partial charge in [-0.3, -0.25) is 9.59 Å². The van der Waals surface area contributed by atoms with Crippen LogP contribution in [0, 0.1) is 23.0 Å². The van der Waals surface area contributed by atoms with E-state index in [4.69, 9.17) is 5.26 Å². The van der Waals surface area contributed by atoms with E-state index >= 15 is 0 Å². The number of amides is 1. The SMILES string of the molecule is CC(=O)NC(CCC(=O)c1c(F)cccc1F)c1ccc(C#N)cc1. The molecule has 0 aliphatic heterocycles. The van der Waals surface area contributed by atoms with Crippen molar-refractivity contribution in [2.45, 2.75) is 25.8 Å². The molecule has 0 saturated carbocycles. The first kappa shape index (κ1) is 18.3. The quantitative estimate of drug-likeness (QED) is 0.814. The molecule has 2 rings (SSSR count). The van der Waals surface area contributed by atoms with Gasteiger partial charge in [-0.1, -0.05) is 18.2 Å². The van der Waals surface area contributed by atoms with Crippen molar-refractivity contribution in [3.8, 4) is 6.07 Å². The molecule has 128 valence electrons. The average Bonchev–Trinajstić information content (AvgIpc) is 2.58. The van der Waals surface area contributed by atoms with Crippen molar-refractivity contribution in [2.24, 2.45) is 0 Å². The number of halogens is 2. The molecule has 2 aromatic carbocycles. The highest BCUT2D eigenvalue weighted by molar-refractivity contribution is 5.96. The summed E-state index contributed by atoms with van der Waals surface area (Å²) in [4.78, 5) is 23.6. The molecule has 0 fully saturated rings. The first-order chi connectivity index (χ1) is 11.9. The van der Waals surface area contributed by atoms with Gasteiger partial charge in [0.05, 0.1) is 23.2 Å². The number of rotatable bonds is 6. The molecule has 2 aromatic rings. The van der Waals surface area contributed by atoms with Crippen molar-refractivity contribution in [3.05, 3.63) is 70.8 Å². The zero-order chi connectivity index (χ0) is 18.4. The van der Waals surface area contributed by atoms with Crippen molar-refractivity contribution in [3.63, 3.8) is 0 Å². The van der Waals surface area contributed by atoms with Crippen molar-refractivity contribution < 1.29 is 18.4 Å². The fraction of sp³-hybridized carbons (Fsp3) is 0.211. The van der Waals surface area contributed by atoms with Gasteiger partial charge in [0.25, 0.3) is 0 Å². The lowest BCUT2D eigenvalue weighted by molar-refractivity contribution is -0.119. The van der Waals surface area contributed by atoms with E-state index in [-0.39, 0.29) is 18.7 Å². The van der Waals surface area contributed by atoms with Crippen LogP contribution in [0.25, 0.3) is 0 Å². The molecular formula is C19H16F2N2O2. The molecule has 0 heterocycles. The van der Waals surface area contributed by atoms with Crippen LogP contribution in [-0.4, -0.2) is 11.7 Å². The number of hydrogen-bond donors (Lipinski definition) is 1. The van der Waals surface area contributed by atoms with Crippen LogP contribution in [0.3, 0.4) is 0 Å².